The SMILES string of the molecule is CCC(CO)(CCCSc1nccn1C)NC. The van der Waals surface area contributed by atoms with Crippen LogP contribution in [0.25, 0.3) is 0 Å². The summed E-state index contributed by atoms with van der Waals surface area (Å²) in [5.41, 5.74) is -0.109. The summed E-state index contributed by atoms with van der Waals surface area (Å²) in [7, 11) is 3.93. The molecule has 0 aromatic carbocycles. The van der Waals surface area contributed by atoms with Gasteiger partial charge in [-0.05, 0) is 26.3 Å². The van der Waals surface area contributed by atoms with Crippen molar-refractivity contribution in [2.45, 2.75) is 36.9 Å². The Morgan fingerprint density at radius 3 is 2.82 bits per heavy atom. The van der Waals surface area contributed by atoms with Crippen LogP contribution < -0.4 is 5.32 Å². The van der Waals surface area contributed by atoms with Crippen molar-refractivity contribution in [1.29, 1.82) is 0 Å². The molecule has 0 spiro atoms. The van der Waals surface area contributed by atoms with E-state index in [2.05, 4.69) is 17.2 Å². The number of nitrogens with one attached hydrogen (secondary N) is 1. The van der Waals surface area contributed by atoms with Crippen LogP contribution in [0.3, 0.4) is 0 Å². The topological polar surface area (TPSA) is 50.1 Å². The van der Waals surface area contributed by atoms with E-state index < -0.39 is 0 Å². The second-order valence-corrected chi connectivity index (χ2v) is 5.38. The van der Waals surface area contributed by atoms with E-state index in [1.165, 1.54) is 0 Å². The molecule has 0 saturated carbocycles. The van der Waals surface area contributed by atoms with Crippen molar-refractivity contribution < 1.29 is 5.11 Å². The molecule has 1 aromatic heterocycles. The third-order valence-electron chi connectivity index (χ3n) is 3.32. The Hall–Kier alpha value is -0.520. The van der Waals surface area contributed by atoms with Crippen molar-refractivity contribution in [1.82, 2.24) is 14.9 Å². The van der Waals surface area contributed by atoms with E-state index in [9.17, 15) is 5.11 Å². The van der Waals surface area contributed by atoms with Gasteiger partial charge in [-0.25, -0.2) is 4.98 Å². The summed E-state index contributed by atoms with van der Waals surface area (Å²) < 4.78 is 2.03. The van der Waals surface area contributed by atoms with Crippen LogP contribution in [-0.4, -0.2) is 39.6 Å². The number of likely N-dealkylation sites (N-methyl/N-ethyl adjacent to an activating group) is 1. The number of aromatic nitrogens is 2. The smallest absolute Gasteiger partial charge is 0.167 e. The van der Waals surface area contributed by atoms with E-state index in [0.29, 0.717) is 0 Å². The molecule has 0 bridgehead atoms. The molecular weight excluding hydrogens is 234 g/mol. The Labute approximate surface area is 108 Å². The Balaban J connectivity index is 2.30. The maximum absolute atomic E-state index is 9.42. The second-order valence-electron chi connectivity index (χ2n) is 4.31. The van der Waals surface area contributed by atoms with Crippen LogP contribution in [0.4, 0.5) is 0 Å². The van der Waals surface area contributed by atoms with E-state index in [1.54, 1.807) is 11.8 Å². The molecule has 2 N–H and O–H groups in total. The standard InChI is InChI=1S/C12H23N3OS/c1-4-12(10-16,13-2)6-5-9-17-11-14-7-8-15(11)3/h7-8,13,16H,4-6,9-10H2,1-3H3. The first kappa shape index (κ1) is 14.5. The van der Waals surface area contributed by atoms with E-state index in [0.717, 1.165) is 30.2 Å². The first-order chi connectivity index (χ1) is 8.17. The van der Waals surface area contributed by atoms with Gasteiger partial charge in [0.15, 0.2) is 5.16 Å². The lowest BCUT2D eigenvalue weighted by atomic mass is 9.92. The highest BCUT2D eigenvalue weighted by Gasteiger charge is 2.24. The van der Waals surface area contributed by atoms with Gasteiger partial charge < -0.3 is 15.0 Å². The van der Waals surface area contributed by atoms with Crippen LogP contribution in [0.15, 0.2) is 17.6 Å². The van der Waals surface area contributed by atoms with Gasteiger partial charge in [-0.2, -0.15) is 0 Å². The molecule has 1 heterocycles. The first-order valence-electron chi connectivity index (χ1n) is 6.07. The lowest BCUT2D eigenvalue weighted by Gasteiger charge is -2.30. The zero-order valence-corrected chi connectivity index (χ0v) is 11.8. The molecule has 5 heteroatoms. The average molecular weight is 257 g/mol. The molecule has 1 aromatic rings. The van der Waals surface area contributed by atoms with Gasteiger partial charge in [0, 0.05) is 30.7 Å². The van der Waals surface area contributed by atoms with Crippen LogP contribution >= 0.6 is 11.8 Å². The number of hydrogen-bond acceptors (Lipinski definition) is 4. The fraction of sp³-hybridized carbons (Fsp3) is 0.750. The lowest BCUT2D eigenvalue weighted by Crippen LogP contribution is -2.45. The summed E-state index contributed by atoms with van der Waals surface area (Å²) in [5.74, 6) is 1.04. The highest BCUT2D eigenvalue weighted by molar-refractivity contribution is 7.99. The molecule has 98 valence electrons. The van der Waals surface area contributed by atoms with Crippen LogP contribution in [-0.2, 0) is 7.05 Å². The number of nitrogens with zero attached hydrogens (tertiary/aromatic N) is 2. The first-order valence-corrected chi connectivity index (χ1v) is 7.06. The predicted octanol–water partition coefficient (Wildman–Crippen LogP) is 1.65. The quantitative estimate of drug-likeness (QED) is 0.549. The number of rotatable bonds is 8. The number of aliphatic hydroxyl groups is 1. The summed E-state index contributed by atoms with van der Waals surface area (Å²) in [6, 6.07) is 0. The molecule has 1 rings (SSSR count). The monoisotopic (exact) mass is 257 g/mol. The molecular formula is C12H23N3OS. The summed E-state index contributed by atoms with van der Waals surface area (Å²) in [6.07, 6.45) is 6.80. The second kappa shape index (κ2) is 7.03. The van der Waals surface area contributed by atoms with Crippen LogP contribution in [0.2, 0.25) is 0 Å². The van der Waals surface area contributed by atoms with Crippen LogP contribution in [0.5, 0.6) is 0 Å². The molecule has 0 aliphatic rings. The van der Waals surface area contributed by atoms with Crippen molar-refractivity contribution in [3.63, 3.8) is 0 Å². The Bertz CT molecular complexity index is 315. The molecule has 0 saturated heterocycles. The summed E-state index contributed by atoms with van der Waals surface area (Å²) in [6.45, 7) is 2.31. The summed E-state index contributed by atoms with van der Waals surface area (Å²) in [4.78, 5) is 4.27. The van der Waals surface area contributed by atoms with E-state index in [4.69, 9.17) is 0 Å². The van der Waals surface area contributed by atoms with Gasteiger partial charge in [-0.1, -0.05) is 18.7 Å². The fourth-order valence-corrected chi connectivity index (χ4v) is 2.68. The molecule has 0 aliphatic heterocycles. The van der Waals surface area contributed by atoms with Gasteiger partial charge in [-0.3, -0.25) is 0 Å². The van der Waals surface area contributed by atoms with E-state index in [1.807, 2.05) is 31.1 Å². The zero-order valence-electron chi connectivity index (χ0n) is 10.9. The molecule has 0 fully saturated rings. The Kier molecular flexibility index (Phi) is 6.02. The van der Waals surface area contributed by atoms with Gasteiger partial charge >= 0.3 is 0 Å². The summed E-state index contributed by atoms with van der Waals surface area (Å²) >= 11 is 1.77. The number of aryl methyl sites for hydroxylation is 1. The van der Waals surface area contributed by atoms with Crippen molar-refractivity contribution in [3.8, 4) is 0 Å². The third-order valence-corrected chi connectivity index (χ3v) is 4.46. The zero-order chi connectivity index (χ0) is 12.7. The fourth-order valence-electron chi connectivity index (χ4n) is 1.81. The molecule has 0 aliphatic carbocycles. The van der Waals surface area contributed by atoms with Gasteiger partial charge in [0.1, 0.15) is 0 Å². The predicted molar refractivity (Wildman–Crippen MR) is 72.3 cm³/mol. The minimum absolute atomic E-state index is 0.109. The number of thioether (sulfide) groups is 1. The number of aliphatic hydroxyl groups excluding tert-OH is 1. The minimum Gasteiger partial charge on any atom is -0.394 e. The van der Waals surface area contributed by atoms with Gasteiger partial charge in [0.2, 0.25) is 0 Å². The van der Waals surface area contributed by atoms with E-state index >= 15 is 0 Å². The van der Waals surface area contributed by atoms with Crippen molar-refractivity contribution in [3.05, 3.63) is 12.4 Å². The van der Waals surface area contributed by atoms with Gasteiger partial charge in [0.05, 0.1) is 6.61 Å². The van der Waals surface area contributed by atoms with Crippen molar-refractivity contribution >= 4 is 11.8 Å². The molecule has 4 nitrogen and oxygen atoms in total. The largest absolute Gasteiger partial charge is 0.394 e. The van der Waals surface area contributed by atoms with Crippen molar-refractivity contribution in [2.75, 3.05) is 19.4 Å². The minimum atomic E-state index is -0.109. The normalized spacial score (nSPS) is 14.8. The maximum Gasteiger partial charge on any atom is 0.167 e. The highest BCUT2D eigenvalue weighted by atomic mass is 32.2. The van der Waals surface area contributed by atoms with Crippen LogP contribution in [0, 0.1) is 0 Å². The van der Waals surface area contributed by atoms with Gasteiger partial charge in [-0.15, -0.1) is 0 Å². The lowest BCUT2D eigenvalue weighted by molar-refractivity contribution is 0.154. The Morgan fingerprint density at radius 2 is 2.35 bits per heavy atom. The third kappa shape index (κ3) is 4.01. The van der Waals surface area contributed by atoms with Crippen molar-refractivity contribution in [2.24, 2.45) is 7.05 Å². The van der Waals surface area contributed by atoms with Gasteiger partial charge in [0.25, 0.3) is 0 Å². The molecule has 1 unspecified atom stereocenters. The maximum atomic E-state index is 9.42. The highest BCUT2D eigenvalue weighted by Crippen LogP contribution is 2.21. The molecule has 0 radical (unpaired) electrons. The molecule has 17 heavy (non-hydrogen) atoms. The molecule has 0 amide bonds. The number of imidazole rings is 1. The van der Waals surface area contributed by atoms with Crippen LogP contribution in [0.1, 0.15) is 26.2 Å². The van der Waals surface area contributed by atoms with E-state index in [-0.39, 0.29) is 12.1 Å². The Morgan fingerprint density at radius 1 is 1.59 bits per heavy atom. The number of hydrogen-bond donors (Lipinski definition) is 2. The molecule has 1 atom stereocenters. The summed E-state index contributed by atoms with van der Waals surface area (Å²) in [5, 5.41) is 13.7. The average Bonchev–Trinajstić information content (AvgIpc) is 2.76.